The van der Waals surface area contributed by atoms with Gasteiger partial charge in [-0.25, -0.2) is 9.58 Å². The number of nitrogens with zero attached hydrogens (tertiary/aromatic N) is 5. The molecule has 0 radical (unpaired) electrons. The SMILES string of the molecule is Cc1cc2nnn(CCCCN3CCN(C(F)(F)F)CC3)c2cc1C. The minimum Gasteiger partial charge on any atom is -0.301 e. The predicted molar refractivity (Wildman–Crippen MR) is 90.3 cm³/mol. The highest BCUT2D eigenvalue weighted by atomic mass is 19.4. The van der Waals surface area contributed by atoms with Crippen molar-refractivity contribution >= 4 is 11.0 Å². The van der Waals surface area contributed by atoms with Gasteiger partial charge in [0.05, 0.1) is 5.52 Å². The van der Waals surface area contributed by atoms with E-state index in [1.807, 2.05) is 10.7 Å². The van der Waals surface area contributed by atoms with Crippen molar-refractivity contribution < 1.29 is 13.2 Å². The van der Waals surface area contributed by atoms with Crippen molar-refractivity contribution in [2.45, 2.75) is 39.5 Å². The van der Waals surface area contributed by atoms with E-state index in [-0.39, 0.29) is 13.1 Å². The minimum atomic E-state index is -4.20. The van der Waals surface area contributed by atoms with Crippen molar-refractivity contribution in [2.75, 3.05) is 32.7 Å². The topological polar surface area (TPSA) is 37.2 Å². The monoisotopic (exact) mass is 355 g/mol. The molecule has 1 saturated heterocycles. The third-order valence-electron chi connectivity index (χ3n) is 4.95. The predicted octanol–water partition coefficient (Wildman–Crippen LogP) is 2.97. The van der Waals surface area contributed by atoms with Gasteiger partial charge in [0, 0.05) is 32.7 Å². The zero-order valence-electron chi connectivity index (χ0n) is 14.7. The molecule has 8 heteroatoms. The Kier molecular flexibility index (Phi) is 5.29. The van der Waals surface area contributed by atoms with Gasteiger partial charge in [-0.1, -0.05) is 5.21 Å². The molecule has 1 aliphatic heterocycles. The number of aromatic nitrogens is 3. The zero-order valence-corrected chi connectivity index (χ0v) is 14.7. The standard InChI is InChI=1S/C17H24F3N5/c1-13-11-15-16(12-14(13)2)25(22-21-15)6-4-3-5-23-7-9-24(10-8-23)17(18,19)20/h11-12H,3-10H2,1-2H3. The number of fused-ring (bicyclic) bond motifs is 1. The Morgan fingerprint density at radius 3 is 2.28 bits per heavy atom. The molecule has 0 spiro atoms. The number of halogens is 3. The highest BCUT2D eigenvalue weighted by Gasteiger charge is 2.38. The first-order valence-corrected chi connectivity index (χ1v) is 8.69. The molecule has 5 nitrogen and oxygen atoms in total. The second kappa shape index (κ2) is 7.29. The molecule has 2 heterocycles. The van der Waals surface area contributed by atoms with Gasteiger partial charge in [0.15, 0.2) is 0 Å². The molecule has 25 heavy (non-hydrogen) atoms. The summed E-state index contributed by atoms with van der Waals surface area (Å²) in [4.78, 5) is 2.70. The van der Waals surface area contributed by atoms with E-state index in [0.717, 1.165) is 37.0 Å². The molecule has 0 unspecified atom stereocenters. The lowest BCUT2D eigenvalue weighted by Crippen LogP contribution is -2.51. The van der Waals surface area contributed by atoms with Gasteiger partial charge in [0.25, 0.3) is 0 Å². The van der Waals surface area contributed by atoms with Gasteiger partial charge in [-0.3, -0.25) is 0 Å². The van der Waals surface area contributed by atoms with Gasteiger partial charge < -0.3 is 4.90 Å². The number of benzene rings is 1. The Balaban J connectivity index is 1.45. The Labute approximate surface area is 145 Å². The summed E-state index contributed by atoms with van der Waals surface area (Å²) in [6.45, 7) is 6.83. The van der Waals surface area contributed by atoms with Crippen LogP contribution in [0, 0.1) is 13.8 Å². The van der Waals surface area contributed by atoms with Crippen LogP contribution in [0.3, 0.4) is 0 Å². The summed E-state index contributed by atoms with van der Waals surface area (Å²) in [5.74, 6) is 0. The Bertz CT molecular complexity index is 717. The molecule has 1 fully saturated rings. The first-order valence-electron chi connectivity index (χ1n) is 8.69. The Morgan fingerprint density at radius 2 is 1.60 bits per heavy atom. The first kappa shape index (κ1) is 18.1. The van der Waals surface area contributed by atoms with Crippen molar-refractivity contribution in [1.29, 1.82) is 0 Å². The van der Waals surface area contributed by atoms with Gasteiger partial charge >= 0.3 is 6.30 Å². The van der Waals surface area contributed by atoms with Gasteiger partial charge in [-0.15, -0.1) is 5.10 Å². The molecule has 3 rings (SSSR count). The average molecular weight is 355 g/mol. The summed E-state index contributed by atoms with van der Waals surface area (Å²) in [7, 11) is 0. The normalized spacial score (nSPS) is 17.5. The van der Waals surface area contributed by atoms with E-state index in [9.17, 15) is 13.2 Å². The molecule has 138 valence electrons. The number of hydrogen-bond acceptors (Lipinski definition) is 4. The fourth-order valence-electron chi connectivity index (χ4n) is 3.21. The lowest BCUT2D eigenvalue weighted by Gasteiger charge is -2.35. The van der Waals surface area contributed by atoms with Crippen molar-refractivity contribution in [3.8, 4) is 0 Å². The van der Waals surface area contributed by atoms with Crippen LogP contribution in [0.1, 0.15) is 24.0 Å². The van der Waals surface area contributed by atoms with E-state index in [1.54, 1.807) is 0 Å². The molecule has 0 saturated carbocycles. The second-order valence-electron chi connectivity index (χ2n) is 6.74. The third-order valence-corrected chi connectivity index (χ3v) is 4.95. The van der Waals surface area contributed by atoms with Crippen LogP contribution >= 0.6 is 0 Å². The van der Waals surface area contributed by atoms with Crippen molar-refractivity contribution in [2.24, 2.45) is 0 Å². The van der Waals surface area contributed by atoms with E-state index in [2.05, 4.69) is 35.1 Å². The van der Waals surface area contributed by atoms with Gasteiger partial charge in [0.2, 0.25) is 0 Å². The summed E-state index contributed by atoms with van der Waals surface area (Å²) in [6, 6.07) is 4.16. The fraction of sp³-hybridized carbons (Fsp3) is 0.647. The van der Waals surface area contributed by atoms with Crippen molar-refractivity contribution in [1.82, 2.24) is 24.8 Å². The highest BCUT2D eigenvalue weighted by Crippen LogP contribution is 2.22. The molecule has 1 aromatic carbocycles. The number of alkyl halides is 3. The molecule has 1 aliphatic rings. The van der Waals surface area contributed by atoms with E-state index >= 15 is 0 Å². The number of unbranched alkanes of at least 4 members (excludes halogenated alkanes) is 1. The van der Waals surface area contributed by atoms with Crippen LogP contribution in [0.2, 0.25) is 0 Å². The molecule has 0 aliphatic carbocycles. The largest absolute Gasteiger partial charge is 0.460 e. The van der Waals surface area contributed by atoms with Crippen LogP contribution < -0.4 is 0 Å². The summed E-state index contributed by atoms with van der Waals surface area (Å²) < 4.78 is 39.7. The maximum atomic E-state index is 12.6. The highest BCUT2D eigenvalue weighted by molar-refractivity contribution is 5.76. The van der Waals surface area contributed by atoms with Crippen molar-refractivity contribution in [3.63, 3.8) is 0 Å². The van der Waals surface area contributed by atoms with Gasteiger partial charge in [0.1, 0.15) is 5.52 Å². The molecule has 1 aromatic heterocycles. The molecular weight excluding hydrogens is 331 g/mol. The van der Waals surface area contributed by atoms with E-state index in [4.69, 9.17) is 0 Å². The molecular formula is C17H24F3N5. The van der Waals surface area contributed by atoms with Crippen LogP contribution in [-0.2, 0) is 6.54 Å². The average Bonchev–Trinajstić information content (AvgIpc) is 2.94. The number of aryl methyl sites for hydroxylation is 3. The van der Waals surface area contributed by atoms with E-state index in [0.29, 0.717) is 18.0 Å². The summed E-state index contributed by atoms with van der Waals surface area (Å²) in [5, 5.41) is 8.43. The molecule has 0 N–H and O–H groups in total. The molecule has 2 aromatic rings. The summed E-state index contributed by atoms with van der Waals surface area (Å²) >= 11 is 0. The number of rotatable bonds is 5. The van der Waals surface area contributed by atoms with Crippen LogP contribution in [-0.4, -0.2) is 63.8 Å². The van der Waals surface area contributed by atoms with Crippen LogP contribution in [0.5, 0.6) is 0 Å². The van der Waals surface area contributed by atoms with Crippen LogP contribution in [0.4, 0.5) is 13.2 Å². The smallest absolute Gasteiger partial charge is 0.301 e. The first-order chi connectivity index (χ1) is 11.8. The second-order valence-corrected chi connectivity index (χ2v) is 6.74. The van der Waals surface area contributed by atoms with E-state index in [1.165, 1.54) is 11.1 Å². The maximum Gasteiger partial charge on any atom is 0.460 e. The van der Waals surface area contributed by atoms with Gasteiger partial charge in [-0.05, 0) is 56.5 Å². The minimum absolute atomic E-state index is 0.0653. The summed E-state index contributed by atoms with van der Waals surface area (Å²) in [6.07, 6.45) is -2.32. The molecule has 0 bridgehead atoms. The molecule has 0 amide bonds. The summed E-state index contributed by atoms with van der Waals surface area (Å²) in [5.41, 5.74) is 4.38. The number of piperazine rings is 1. The zero-order chi connectivity index (χ0) is 18.0. The maximum absolute atomic E-state index is 12.6. The van der Waals surface area contributed by atoms with Crippen LogP contribution in [0.25, 0.3) is 11.0 Å². The van der Waals surface area contributed by atoms with E-state index < -0.39 is 6.30 Å². The lowest BCUT2D eigenvalue weighted by atomic mass is 10.1. The van der Waals surface area contributed by atoms with Gasteiger partial charge in [-0.2, -0.15) is 13.2 Å². The number of hydrogen-bond donors (Lipinski definition) is 0. The van der Waals surface area contributed by atoms with Crippen LogP contribution in [0.15, 0.2) is 12.1 Å². The van der Waals surface area contributed by atoms with Crippen molar-refractivity contribution in [3.05, 3.63) is 23.3 Å². The molecule has 0 atom stereocenters. The third kappa shape index (κ3) is 4.30. The quantitative estimate of drug-likeness (QED) is 0.610. The Morgan fingerprint density at radius 1 is 0.960 bits per heavy atom. The Hall–Kier alpha value is -1.67. The lowest BCUT2D eigenvalue weighted by molar-refractivity contribution is -0.252. The fourth-order valence-corrected chi connectivity index (χ4v) is 3.21.